The molecule has 0 aromatic rings. The maximum atomic E-state index is 8.58. The van der Waals surface area contributed by atoms with E-state index in [4.69, 9.17) is 16.6 Å². The van der Waals surface area contributed by atoms with Crippen LogP contribution in [0.2, 0.25) is 0 Å². The third-order valence-electron chi connectivity index (χ3n) is 4.47. The molecule has 0 aliphatic heterocycles. The molecular weight excluding hydrogens is 318 g/mol. The molecule has 0 fully saturated rings. The fraction of sp³-hybridized carbons (Fsp3) is 1.00. The first-order valence-electron chi connectivity index (χ1n) is 9.27. The largest absolute Gasteiger partial charge is 0.0934 e. The third-order valence-corrected chi connectivity index (χ3v) is 4.47. The van der Waals surface area contributed by atoms with Crippen molar-refractivity contribution in [2.75, 3.05) is 19.6 Å². The molecule has 25 heavy (non-hydrogen) atoms. The summed E-state index contributed by atoms with van der Waals surface area (Å²) in [7, 11) is 0. The summed E-state index contributed by atoms with van der Waals surface area (Å²) < 4.78 is 0. The van der Waals surface area contributed by atoms with Crippen LogP contribution in [0, 0.1) is 5.41 Å². The average Bonchev–Trinajstić information content (AvgIpc) is 2.64. The van der Waals surface area contributed by atoms with Crippen LogP contribution in [-0.4, -0.2) is 19.6 Å². The Bertz CT molecular complexity index is 422. The molecule has 0 saturated heterocycles. The van der Waals surface area contributed by atoms with Crippen LogP contribution in [0.3, 0.4) is 0 Å². The first kappa shape index (κ1) is 22.9. The molecule has 0 aromatic heterocycles. The first-order valence-corrected chi connectivity index (χ1v) is 9.27. The minimum Gasteiger partial charge on any atom is -0.0934 e. The molecule has 140 valence electrons. The zero-order valence-corrected chi connectivity index (χ0v) is 15.4. The topological polar surface area (TPSA) is 146 Å². The lowest BCUT2D eigenvalue weighted by Gasteiger charge is -2.29. The highest BCUT2D eigenvalue weighted by atomic mass is 15.2. The molecule has 0 rings (SSSR count). The fourth-order valence-electron chi connectivity index (χ4n) is 2.92. The fourth-order valence-corrected chi connectivity index (χ4v) is 2.92. The predicted molar refractivity (Wildman–Crippen MR) is 101 cm³/mol. The lowest BCUT2D eigenvalue weighted by Crippen LogP contribution is -2.31. The molecule has 0 heterocycles. The quantitative estimate of drug-likeness (QED) is 0.113. The molecule has 0 unspecified atom stereocenters. The zero-order chi connectivity index (χ0) is 18.6. The monoisotopic (exact) mass is 349 g/mol. The van der Waals surface area contributed by atoms with Crippen LogP contribution in [0.1, 0.15) is 77.6 Å². The van der Waals surface area contributed by atoms with E-state index in [2.05, 4.69) is 37.0 Å². The summed E-state index contributed by atoms with van der Waals surface area (Å²) in [4.78, 5) is 8.37. The summed E-state index contributed by atoms with van der Waals surface area (Å²) in [5.74, 6) is 0. The van der Waals surface area contributed by atoms with Gasteiger partial charge in [-0.15, -0.1) is 0 Å². The maximum absolute atomic E-state index is 8.58. The van der Waals surface area contributed by atoms with Gasteiger partial charge in [0.15, 0.2) is 0 Å². The lowest BCUT2D eigenvalue weighted by molar-refractivity contribution is 0.282. The lowest BCUT2D eigenvalue weighted by atomic mass is 9.82. The molecule has 9 nitrogen and oxygen atoms in total. The third kappa shape index (κ3) is 13.0. The van der Waals surface area contributed by atoms with E-state index in [1.807, 2.05) is 0 Å². The van der Waals surface area contributed by atoms with E-state index in [1.54, 1.807) is 0 Å². The summed E-state index contributed by atoms with van der Waals surface area (Å²) in [6, 6.07) is 0. The standard InChI is InChI=1S/C16H31N9/c1-2-3-4-5-6-7-8-9-10-11-12-16(13-20-23-17,14-21-24-18)15-22-25-19/h2-15H2,1H3. The van der Waals surface area contributed by atoms with E-state index in [1.165, 1.54) is 51.4 Å². The van der Waals surface area contributed by atoms with Gasteiger partial charge in [-0.05, 0) is 28.4 Å². The SMILES string of the molecule is CCCCCCCCCCCCC(CN=[N+]=[N-])(CN=[N+]=[N-])CN=[N+]=[N-]. The van der Waals surface area contributed by atoms with E-state index in [-0.39, 0.29) is 19.6 Å². The molecule has 0 saturated carbocycles. The van der Waals surface area contributed by atoms with Gasteiger partial charge < -0.3 is 0 Å². The van der Waals surface area contributed by atoms with E-state index >= 15 is 0 Å². The summed E-state index contributed by atoms with van der Waals surface area (Å²) in [5, 5.41) is 10.9. The van der Waals surface area contributed by atoms with Crippen molar-refractivity contribution < 1.29 is 0 Å². The number of azide groups is 3. The van der Waals surface area contributed by atoms with Gasteiger partial charge in [0.1, 0.15) is 0 Å². The number of hydrogen-bond acceptors (Lipinski definition) is 3. The molecule has 0 amide bonds. The van der Waals surface area contributed by atoms with Crippen molar-refractivity contribution >= 4 is 0 Å². The van der Waals surface area contributed by atoms with E-state index in [0.717, 1.165) is 19.3 Å². The first-order chi connectivity index (χ1) is 12.2. The maximum Gasteiger partial charge on any atom is 0.0317 e. The number of nitrogens with zero attached hydrogens (tertiary/aromatic N) is 9. The minimum absolute atomic E-state index is 0.180. The van der Waals surface area contributed by atoms with Crippen molar-refractivity contribution in [3.63, 3.8) is 0 Å². The van der Waals surface area contributed by atoms with Gasteiger partial charge in [-0.3, -0.25) is 0 Å². The normalized spacial score (nSPS) is 12.4. The Morgan fingerprint density at radius 3 is 1.32 bits per heavy atom. The van der Waals surface area contributed by atoms with Gasteiger partial charge in [-0.1, -0.05) is 86.5 Å². The van der Waals surface area contributed by atoms with Crippen molar-refractivity contribution in [1.29, 1.82) is 0 Å². The minimum atomic E-state index is -0.565. The molecule has 9 heteroatoms. The summed E-state index contributed by atoms with van der Waals surface area (Å²) in [6.07, 6.45) is 13.1. The molecule has 0 aliphatic rings. The van der Waals surface area contributed by atoms with Gasteiger partial charge in [0, 0.05) is 34.4 Å². The molecule has 0 bridgehead atoms. The van der Waals surface area contributed by atoms with Crippen molar-refractivity contribution in [3.8, 4) is 0 Å². The van der Waals surface area contributed by atoms with Crippen molar-refractivity contribution in [2.45, 2.75) is 77.6 Å². The molecule has 0 N–H and O–H groups in total. The summed E-state index contributed by atoms with van der Waals surface area (Å²) >= 11 is 0. The predicted octanol–water partition coefficient (Wildman–Crippen LogP) is 7.21. The number of hydrogen-bond donors (Lipinski definition) is 0. The van der Waals surface area contributed by atoms with Crippen LogP contribution in [0.5, 0.6) is 0 Å². The van der Waals surface area contributed by atoms with Gasteiger partial charge in [0.05, 0.1) is 0 Å². The number of unbranched alkanes of at least 4 members (excludes halogenated alkanes) is 9. The van der Waals surface area contributed by atoms with Gasteiger partial charge in [-0.2, -0.15) is 0 Å². The Hall–Kier alpha value is -2.07. The van der Waals surface area contributed by atoms with Gasteiger partial charge >= 0.3 is 0 Å². The van der Waals surface area contributed by atoms with E-state index in [9.17, 15) is 0 Å². The Morgan fingerprint density at radius 1 is 0.600 bits per heavy atom. The summed E-state index contributed by atoms with van der Waals surface area (Å²) in [5.41, 5.74) is 25.2. The molecule has 0 spiro atoms. The van der Waals surface area contributed by atoms with Gasteiger partial charge in [-0.25, -0.2) is 0 Å². The van der Waals surface area contributed by atoms with E-state index in [0.29, 0.717) is 0 Å². The van der Waals surface area contributed by atoms with Crippen LogP contribution in [0.4, 0.5) is 0 Å². The molecular formula is C16H31N9. The Labute approximate surface area is 150 Å². The van der Waals surface area contributed by atoms with Crippen LogP contribution in [0.25, 0.3) is 31.3 Å². The summed E-state index contributed by atoms with van der Waals surface area (Å²) in [6.45, 7) is 2.77. The smallest absolute Gasteiger partial charge is 0.0317 e. The molecule has 0 atom stereocenters. The second-order valence-corrected chi connectivity index (χ2v) is 6.60. The zero-order valence-electron chi connectivity index (χ0n) is 15.4. The second-order valence-electron chi connectivity index (χ2n) is 6.60. The van der Waals surface area contributed by atoms with Crippen molar-refractivity contribution in [3.05, 3.63) is 31.3 Å². The van der Waals surface area contributed by atoms with Crippen LogP contribution in [0.15, 0.2) is 15.3 Å². The Kier molecular flexibility index (Phi) is 15.4. The average molecular weight is 349 g/mol. The van der Waals surface area contributed by atoms with Crippen molar-refractivity contribution in [2.24, 2.45) is 20.8 Å². The van der Waals surface area contributed by atoms with E-state index < -0.39 is 5.41 Å². The highest BCUT2D eigenvalue weighted by Crippen LogP contribution is 2.28. The van der Waals surface area contributed by atoms with Gasteiger partial charge in [0.2, 0.25) is 0 Å². The van der Waals surface area contributed by atoms with Crippen LogP contribution >= 0.6 is 0 Å². The second kappa shape index (κ2) is 16.8. The number of rotatable bonds is 17. The highest BCUT2D eigenvalue weighted by molar-refractivity contribution is 4.87. The molecule has 0 aliphatic carbocycles. The Morgan fingerprint density at radius 2 is 0.960 bits per heavy atom. The molecule has 0 radical (unpaired) electrons. The van der Waals surface area contributed by atoms with Gasteiger partial charge in [0.25, 0.3) is 0 Å². The Balaban J connectivity index is 4.20. The molecule has 0 aromatic carbocycles. The van der Waals surface area contributed by atoms with Crippen LogP contribution < -0.4 is 0 Å². The van der Waals surface area contributed by atoms with Crippen LogP contribution in [-0.2, 0) is 0 Å². The highest BCUT2D eigenvalue weighted by Gasteiger charge is 2.27. The van der Waals surface area contributed by atoms with Crippen molar-refractivity contribution in [1.82, 2.24) is 0 Å².